The second kappa shape index (κ2) is 6.06. The number of aryl methyl sites for hydroxylation is 1. The minimum atomic E-state index is -0.341. The maximum atomic E-state index is 11.1. The van der Waals surface area contributed by atoms with Gasteiger partial charge >= 0.3 is 5.97 Å². The Bertz CT molecular complexity index is 627. The molecular weight excluding hydrogens is 266 g/mol. The number of cyclic esters (lactones) is 1. The first-order chi connectivity index (χ1) is 10.3. The standard InChI is InChI=1S/C17H17NO3/c19-11-15-16(21-17(15)20)7-6-12-3-1-4-13(9-12)14-5-2-8-18-10-14/h1-5,8-10,15-16,19H,6-7,11H2/t15-,16-/m1/s1. The minimum Gasteiger partial charge on any atom is -0.461 e. The van der Waals surface area contributed by atoms with Crippen LogP contribution in [0.2, 0.25) is 0 Å². The lowest BCUT2D eigenvalue weighted by molar-refractivity contribution is -0.188. The zero-order chi connectivity index (χ0) is 14.7. The van der Waals surface area contributed by atoms with Crippen LogP contribution in [0.4, 0.5) is 0 Å². The summed E-state index contributed by atoms with van der Waals surface area (Å²) in [5.74, 6) is -0.627. The number of rotatable bonds is 5. The fraction of sp³-hybridized carbons (Fsp3) is 0.294. The van der Waals surface area contributed by atoms with Gasteiger partial charge in [0, 0.05) is 12.4 Å². The average molecular weight is 283 g/mol. The van der Waals surface area contributed by atoms with Gasteiger partial charge < -0.3 is 9.84 Å². The van der Waals surface area contributed by atoms with Crippen LogP contribution in [0.1, 0.15) is 12.0 Å². The average Bonchev–Trinajstić information content (AvgIpc) is 2.53. The third kappa shape index (κ3) is 2.95. The third-order valence-corrected chi connectivity index (χ3v) is 3.86. The molecule has 0 aliphatic carbocycles. The summed E-state index contributed by atoms with van der Waals surface area (Å²) in [6.45, 7) is -0.126. The van der Waals surface area contributed by atoms with Crippen LogP contribution in [0.25, 0.3) is 11.1 Å². The molecule has 1 aromatic heterocycles. The molecule has 2 aromatic rings. The monoisotopic (exact) mass is 283 g/mol. The Balaban J connectivity index is 1.66. The highest BCUT2D eigenvalue weighted by atomic mass is 16.6. The zero-order valence-corrected chi connectivity index (χ0v) is 11.6. The van der Waals surface area contributed by atoms with Crippen molar-refractivity contribution in [2.24, 2.45) is 5.92 Å². The lowest BCUT2D eigenvalue weighted by Gasteiger charge is -2.33. The van der Waals surface area contributed by atoms with Crippen molar-refractivity contribution in [1.29, 1.82) is 0 Å². The van der Waals surface area contributed by atoms with Crippen molar-refractivity contribution in [3.63, 3.8) is 0 Å². The first-order valence-corrected chi connectivity index (χ1v) is 7.08. The Hall–Kier alpha value is -2.20. The molecule has 0 unspecified atom stereocenters. The van der Waals surface area contributed by atoms with Crippen LogP contribution in [0.5, 0.6) is 0 Å². The van der Waals surface area contributed by atoms with Gasteiger partial charge in [0.2, 0.25) is 0 Å². The normalized spacial score (nSPS) is 20.7. The lowest BCUT2D eigenvalue weighted by atomic mass is 9.92. The number of aliphatic hydroxyl groups excluding tert-OH is 1. The van der Waals surface area contributed by atoms with Crippen molar-refractivity contribution < 1.29 is 14.6 Å². The Morgan fingerprint density at radius 1 is 1.19 bits per heavy atom. The van der Waals surface area contributed by atoms with Gasteiger partial charge in [0.1, 0.15) is 12.0 Å². The predicted octanol–water partition coefficient (Wildman–Crippen LogP) is 2.22. The van der Waals surface area contributed by atoms with Crippen LogP contribution in [0, 0.1) is 5.92 Å². The van der Waals surface area contributed by atoms with Gasteiger partial charge in [0.15, 0.2) is 0 Å². The van der Waals surface area contributed by atoms with Crippen molar-refractivity contribution in [1.82, 2.24) is 4.98 Å². The number of ether oxygens (including phenoxy) is 1. The van der Waals surface area contributed by atoms with Crippen molar-refractivity contribution in [3.05, 3.63) is 54.4 Å². The summed E-state index contributed by atoms with van der Waals surface area (Å²) >= 11 is 0. The van der Waals surface area contributed by atoms with E-state index in [1.165, 1.54) is 5.56 Å². The van der Waals surface area contributed by atoms with Crippen LogP contribution < -0.4 is 0 Å². The van der Waals surface area contributed by atoms with Gasteiger partial charge in [-0.1, -0.05) is 30.3 Å². The molecule has 4 nitrogen and oxygen atoms in total. The summed E-state index contributed by atoms with van der Waals surface area (Å²) in [6, 6.07) is 12.2. The van der Waals surface area contributed by atoms with E-state index < -0.39 is 0 Å². The molecule has 0 bridgehead atoms. The maximum Gasteiger partial charge on any atom is 0.315 e. The molecule has 0 spiro atoms. The van der Waals surface area contributed by atoms with E-state index in [4.69, 9.17) is 9.84 Å². The SMILES string of the molecule is O=C1O[C@H](CCc2cccc(-c3cccnc3)c2)[C@H]1CO. The number of carbonyl (C=O) groups is 1. The summed E-state index contributed by atoms with van der Waals surface area (Å²) in [5.41, 5.74) is 3.41. The van der Waals surface area contributed by atoms with E-state index >= 15 is 0 Å². The molecule has 108 valence electrons. The van der Waals surface area contributed by atoms with Crippen molar-refractivity contribution in [3.8, 4) is 11.1 Å². The number of hydrogen-bond donors (Lipinski definition) is 1. The predicted molar refractivity (Wildman–Crippen MR) is 78.4 cm³/mol. The molecule has 1 saturated heterocycles. The molecule has 3 rings (SSSR count). The van der Waals surface area contributed by atoms with Crippen molar-refractivity contribution in [2.75, 3.05) is 6.61 Å². The molecule has 0 radical (unpaired) electrons. The number of benzene rings is 1. The summed E-state index contributed by atoms with van der Waals surface area (Å²) in [4.78, 5) is 15.3. The van der Waals surface area contributed by atoms with Crippen molar-refractivity contribution >= 4 is 5.97 Å². The van der Waals surface area contributed by atoms with Gasteiger partial charge in [-0.3, -0.25) is 9.78 Å². The van der Waals surface area contributed by atoms with E-state index in [1.54, 1.807) is 6.20 Å². The highest BCUT2D eigenvalue weighted by Gasteiger charge is 2.41. The van der Waals surface area contributed by atoms with Gasteiger partial charge in [0.25, 0.3) is 0 Å². The number of carbonyl (C=O) groups excluding carboxylic acids is 1. The molecular formula is C17H17NO3. The summed E-state index contributed by atoms with van der Waals surface area (Å²) in [5, 5.41) is 9.11. The maximum absolute atomic E-state index is 11.1. The smallest absolute Gasteiger partial charge is 0.315 e. The Labute approximate surface area is 123 Å². The van der Waals surface area contributed by atoms with Gasteiger partial charge in [-0.2, -0.15) is 0 Å². The molecule has 1 aromatic carbocycles. The molecule has 2 atom stereocenters. The summed E-state index contributed by atoms with van der Waals surface area (Å²) in [7, 11) is 0. The van der Waals surface area contributed by atoms with Gasteiger partial charge in [-0.25, -0.2) is 0 Å². The third-order valence-electron chi connectivity index (χ3n) is 3.86. The summed E-state index contributed by atoms with van der Waals surface area (Å²) in [6.07, 6.45) is 5.02. The molecule has 1 aliphatic rings. The van der Waals surface area contributed by atoms with Crippen LogP contribution in [-0.2, 0) is 16.0 Å². The number of pyridine rings is 1. The van der Waals surface area contributed by atoms with Gasteiger partial charge in [0.05, 0.1) is 6.61 Å². The second-order valence-electron chi connectivity index (χ2n) is 5.25. The summed E-state index contributed by atoms with van der Waals surface area (Å²) < 4.78 is 5.07. The van der Waals surface area contributed by atoms with Crippen LogP contribution in [0.3, 0.4) is 0 Å². The molecule has 0 saturated carbocycles. The number of nitrogens with zero attached hydrogens (tertiary/aromatic N) is 1. The second-order valence-corrected chi connectivity index (χ2v) is 5.25. The number of aliphatic hydroxyl groups is 1. The van der Waals surface area contributed by atoms with E-state index in [-0.39, 0.29) is 24.6 Å². The molecule has 1 aliphatic heterocycles. The molecule has 4 heteroatoms. The highest BCUT2D eigenvalue weighted by molar-refractivity contribution is 5.78. The van der Waals surface area contributed by atoms with E-state index in [0.717, 1.165) is 24.0 Å². The molecule has 1 fully saturated rings. The number of hydrogen-bond acceptors (Lipinski definition) is 4. The molecule has 0 amide bonds. The van der Waals surface area contributed by atoms with Crippen molar-refractivity contribution in [2.45, 2.75) is 18.9 Å². The fourth-order valence-corrected chi connectivity index (χ4v) is 2.60. The molecule has 2 heterocycles. The molecule has 21 heavy (non-hydrogen) atoms. The van der Waals surface area contributed by atoms with Gasteiger partial charge in [-0.05, 0) is 35.6 Å². The van der Waals surface area contributed by atoms with Crippen LogP contribution >= 0.6 is 0 Å². The Kier molecular flexibility index (Phi) is 3.97. The van der Waals surface area contributed by atoms with E-state index in [1.807, 2.05) is 24.4 Å². The first-order valence-electron chi connectivity index (χ1n) is 7.08. The van der Waals surface area contributed by atoms with Crippen LogP contribution in [0.15, 0.2) is 48.8 Å². The van der Waals surface area contributed by atoms with Crippen LogP contribution in [-0.4, -0.2) is 28.8 Å². The number of esters is 1. The first kappa shape index (κ1) is 13.8. The zero-order valence-electron chi connectivity index (χ0n) is 11.6. The fourth-order valence-electron chi connectivity index (χ4n) is 2.60. The van der Waals surface area contributed by atoms with E-state index in [2.05, 4.69) is 23.2 Å². The number of aromatic nitrogens is 1. The molecule has 1 N–H and O–H groups in total. The topological polar surface area (TPSA) is 59.4 Å². The Morgan fingerprint density at radius 2 is 2.05 bits per heavy atom. The quantitative estimate of drug-likeness (QED) is 0.855. The van der Waals surface area contributed by atoms with E-state index in [9.17, 15) is 4.79 Å². The largest absolute Gasteiger partial charge is 0.461 e. The lowest BCUT2D eigenvalue weighted by Crippen LogP contribution is -2.47. The van der Waals surface area contributed by atoms with E-state index in [0.29, 0.717) is 0 Å². The highest BCUT2D eigenvalue weighted by Crippen LogP contribution is 2.27. The minimum absolute atomic E-state index is 0.126. The Morgan fingerprint density at radius 3 is 2.76 bits per heavy atom. The van der Waals surface area contributed by atoms with Gasteiger partial charge in [-0.15, -0.1) is 0 Å².